The summed E-state index contributed by atoms with van der Waals surface area (Å²) in [4.78, 5) is 11.5. The van der Waals surface area contributed by atoms with Crippen molar-refractivity contribution in [3.8, 4) is 0 Å². The summed E-state index contributed by atoms with van der Waals surface area (Å²) in [6.45, 7) is 7.90. The van der Waals surface area contributed by atoms with Crippen molar-refractivity contribution in [3.05, 3.63) is 0 Å². The molecule has 0 aliphatic carbocycles. The van der Waals surface area contributed by atoms with Crippen LogP contribution in [0.5, 0.6) is 0 Å². The van der Waals surface area contributed by atoms with E-state index >= 15 is 0 Å². The summed E-state index contributed by atoms with van der Waals surface area (Å²) in [6.07, 6.45) is 0. The van der Waals surface area contributed by atoms with Crippen molar-refractivity contribution in [1.82, 2.24) is 10.6 Å². The van der Waals surface area contributed by atoms with Crippen molar-refractivity contribution >= 4 is 5.91 Å². The smallest absolute Gasteiger partial charge is 0.224 e. The minimum atomic E-state index is 0.174. The molecule has 1 fully saturated rings. The summed E-state index contributed by atoms with van der Waals surface area (Å²) in [5, 5.41) is 6.15. The normalized spacial score (nSPS) is 29.3. The number of nitrogens with one attached hydrogen (secondary N) is 2. The lowest BCUT2D eigenvalue weighted by Gasteiger charge is -2.15. The van der Waals surface area contributed by atoms with Gasteiger partial charge in [-0.1, -0.05) is 6.92 Å². The molecular weight excluding hydrogens is 152 g/mol. The minimum absolute atomic E-state index is 0.174. The van der Waals surface area contributed by atoms with Crippen molar-refractivity contribution in [2.24, 2.45) is 11.8 Å². The molecule has 3 nitrogen and oxygen atoms in total. The molecule has 2 N–H and O–H groups in total. The average Bonchev–Trinajstić information content (AvgIpc) is 2.33. The predicted octanol–water partition coefficient (Wildman–Crippen LogP) is 0.366. The first kappa shape index (κ1) is 9.52. The first-order valence-electron chi connectivity index (χ1n) is 4.62. The van der Waals surface area contributed by atoms with Crippen LogP contribution < -0.4 is 10.6 Å². The van der Waals surface area contributed by atoms with Crippen LogP contribution in [-0.2, 0) is 4.79 Å². The zero-order chi connectivity index (χ0) is 9.14. The first-order chi connectivity index (χ1) is 5.61. The molecule has 0 radical (unpaired) electrons. The molecule has 0 spiro atoms. The molecule has 0 bridgehead atoms. The van der Waals surface area contributed by atoms with Crippen molar-refractivity contribution in [1.29, 1.82) is 0 Å². The van der Waals surface area contributed by atoms with Gasteiger partial charge in [0.2, 0.25) is 5.91 Å². The monoisotopic (exact) mass is 170 g/mol. The van der Waals surface area contributed by atoms with Crippen LogP contribution in [0.15, 0.2) is 0 Å². The van der Waals surface area contributed by atoms with Gasteiger partial charge in [-0.3, -0.25) is 4.79 Å². The maximum Gasteiger partial charge on any atom is 0.224 e. The van der Waals surface area contributed by atoms with Crippen LogP contribution in [0.3, 0.4) is 0 Å². The molecule has 3 heteroatoms. The van der Waals surface area contributed by atoms with E-state index in [4.69, 9.17) is 0 Å². The summed E-state index contributed by atoms with van der Waals surface area (Å²) < 4.78 is 0. The molecule has 1 amide bonds. The van der Waals surface area contributed by atoms with Gasteiger partial charge in [-0.25, -0.2) is 0 Å². The van der Waals surface area contributed by atoms with Gasteiger partial charge in [0.15, 0.2) is 0 Å². The fourth-order valence-electron chi connectivity index (χ4n) is 1.55. The molecule has 0 unspecified atom stereocenters. The fraction of sp³-hybridized carbons (Fsp3) is 0.889. The van der Waals surface area contributed by atoms with E-state index in [9.17, 15) is 4.79 Å². The number of carbonyl (C=O) groups excluding carboxylic acids is 1. The zero-order valence-corrected chi connectivity index (χ0v) is 8.05. The van der Waals surface area contributed by atoms with Gasteiger partial charge >= 0.3 is 0 Å². The second kappa shape index (κ2) is 3.90. The van der Waals surface area contributed by atoms with Crippen LogP contribution >= 0.6 is 0 Å². The maximum absolute atomic E-state index is 11.5. The average molecular weight is 170 g/mol. The van der Waals surface area contributed by atoms with Crippen LogP contribution in [0.2, 0.25) is 0 Å². The molecule has 1 rings (SSSR count). The highest BCUT2D eigenvalue weighted by Crippen LogP contribution is 2.15. The zero-order valence-electron chi connectivity index (χ0n) is 8.05. The third-order valence-electron chi connectivity index (χ3n) is 2.29. The highest BCUT2D eigenvalue weighted by molar-refractivity contribution is 5.79. The van der Waals surface area contributed by atoms with E-state index in [0.29, 0.717) is 5.92 Å². The number of amides is 1. The van der Waals surface area contributed by atoms with Crippen LogP contribution in [-0.4, -0.2) is 25.0 Å². The Morgan fingerprint density at radius 2 is 2.17 bits per heavy atom. The summed E-state index contributed by atoms with van der Waals surface area (Å²) in [7, 11) is 0. The summed E-state index contributed by atoms with van der Waals surface area (Å²) >= 11 is 0. The third kappa shape index (κ3) is 2.21. The van der Waals surface area contributed by atoms with E-state index in [-0.39, 0.29) is 17.9 Å². The second-order valence-corrected chi connectivity index (χ2v) is 3.91. The van der Waals surface area contributed by atoms with Gasteiger partial charge in [0.1, 0.15) is 0 Å². The Morgan fingerprint density at radius 3 is 2.58 bits per heavy atom. The fourth-order valence-corrected chi connectivity index (χ4v) is 1.55. The molecule has 2 atom stereocenters. The lowest BCUT2D eigenvalue weighted by Crippen LogP contribution is -2.38. The Labute approximate surface area is 73.9 Å². The largest absolute Gasteiger partial charge is 0.354 e. The second-order valence-electron chi connectivity index (χ2n) is 3.91. The van der Waals surface area contributed by atoms with E-state index in [0.717, 1.165) is 13.1 Å². The van der Waals surface area contributed by atoms with Gasteiger partial charge in [0, 0.05) is 12.6 Å². The predicted molar refractivity (Wildman–Crippen MR) is 48.8 cm³/mol. The Kier molecular flexibility index (Phi) is 3.09. The molecule has 0 aromatic heterocycles. The van der Waals surface area contributed by atoms with Crippen molar-refractivity contribution < 1.29 is 4.79 Å². The highest BCUT2D eigenvalue weighted by Gasteiger charge is 2.29. The molecule has 0 aromatic rings. The van der Waals surface area contributed by atoms with Crippen LogP contribution in [0.25, 0.3) is 0 Å². The molecule has 1 saturated heterocycles. The van der Waals surface area contributed by atoms with Gasteiger partial charge in [-0.15, -0.1) is 0 Å². The number of carbonyl (C=O) groups is 1. The van der Waals surface area contributed by atoms with Gasteiger partial charge in [-0.2, -0.15) is 0 Å². The van der Waals surface area contributed by atoms with E-state index in [1.807, 2.05) is 13.8 Å². The Bertz CT molecular complexity index is 168. The molecule has 1 aliphatic heterocycles. The van der Waals surface area contributed by atoms with Gasteiger partial charge in [0.05, 0.1) is 5.92 Å². The summed E-state index contributed by atoms with van der Waals surface area (Å²) in [5.41, 5.74) is 0. The lowest BCUT2D eigenvalue weighted by molar-refractivity contribution is -0.125. The lowest BCUT2D eigenvalue weighted by atomic mass is 9.97. The van der Waals surface area contributed by atoms with E-state index < -0.39 is 0 Å². The Balaban J connectivity index is 2.41. The van der Waals surface area contributed by atoms with Gasteiger partial charge in [0.25, 0.3) is 0 Å². The van der Waals surface area contributed by atoms with E-state index in [1.165, 1.54) is 0 Å². The quantitative estimate of drug-likeness (QED) is 0.628. The molecule has 0 saturated carbocycles. The molecular formula is C9H18N2O. The summed E-state index contributed by atoms with van der Waals surface area (Å²) in [5.74, 6) is 0.846. The van der Waals surface area contributed by atoms with Gasteiger partial charge < -0.3 is 10.6 Å². The summed E-state index contributed by atoms with van der Waals surface area (Å²) in [6, 6.07) is 0.255. The third-order valence-corrected chi connectivity index (χ3v) is 2.29. The van der Waals surface area contributed by atoms with Crippen molar-refractivity contribution in [2.75, 3.05) is 13.1 Å². The minimum Gasteiger partial charge on any atom is -0.354 e. The van der Waals surface area contributed by atoms with Crippen molar-refractivity contribution in [2.45, 2.75) is 26.8 Å². The maximum atomic E-state index is 11.5. The molecule has 0 aromatic carbocycles. The number of hydrogen-bond donors (Lipinski definition) is 2. The standard InChI is InChI=1S/C9H18N2O/c1-6(2)11-9(12)8-5-10-4-7(8)3/h6-8,10H,4-5H2,1-3H3,(H,11,12)/t7-,8-/m1/s1. The van der Waals surface area contributed by atoms with E-state index in [1.54, 1.807) is 0 Å². The molecule has 1 heterocycles. The van der Waals surface area contributed by atoms with Crippen LogP contribution in [0, 0.1) is 11.8 Å². The Morgan fingerprint density at radius 1 is 1.50 bits per heavy atom. The topological polar surface area (TPSA) is 41.1 Å². The van der Waals surface area contributed by atoms with Crippen LogP contribution in [0.4, 0.5) is 0 Å². The molecule has 1 aliphatic rings. The number of rotatable bonds is 2. The highest BCUT2D eigenvalue weighted by atomic mass is 16.2. The van der Waals surface area contributed by atoms with E-state index in [2.05, 4.69) is 17.6 Å². The first-order valence-corrected chi connectivity index (χ1v) is 4.62. The van der Waals surface area contributed by atoms with Crippen LogP contribution in [0.1, 0.15) is 20.8 Å². The van der Waals surface area contributed by atoms with Crippen molar-refractivity contribution in [3.63, 3.8) is 0 Å². The molecule has 12 heavy (non-hydrogen) atoms. The SMILES string of the molecule is CC(C)NC(=O)[C@@H]1CNC[C@H]1C. The van der Waals surface area contributed by atoms with Gasteiger partial charge in [-0.05, 0) is 26.3 Å². The molecule has 70 valence electrons. The number of hydrogen-bond acceptors (Lipinski definition) is 2. The Hall–Kier alpha value is -0.570.